The van der Waals surface area contributed by atoms with Crippen LogP contribution in [-0.2, 0) is 21.4 Å². The van der Waals surface area contributed by atoms with E-state index < -0.39 is 53.8 Å². The normalized spacial score (nSPS) is 16.8. The summed E-state index contributed by atoms with van der Waals surface area (Å²) in [6.45, 7) is 6.23. The Kier molecular flexibility index (Phi) is 9.82. The maximum atomic E-state index is 16.1. The van der Waals surface area contributed by atoms with Gasteiger partial charge in [0.05, 0.1) is 39.8 Å². The summed E-state index contributed by atoms with van der Waals surface area (Å²) in [4.78, 5) is 81.6. The van der Waals surface area contributed by atoms with Crippen LogP contribution in [0.15, 0.2) is 35.5 Å². The Hall–Kier alpha value is -6.61. The van der Waals surface area contributed by atoms with Crippen LogP contribution in [0.3, 0.4) is 0 Å². The minimum atomic E-state index is -1.25. The third-order valence-corrected chi connectivity index (χ3v) is 10.4. The lowest BCUT2D eigenvalue weighted by atomic mass is 9.98. The zero-order valence-corrected chi connectivity index (χ0v) is 32.2. The molecule has 0 aliphatic carbocycles. The van der Waals surface area contributed by atoms with Gasteiger partial charge in [-0.1, -0.05) is 0 Å². The highest BCUT2D eigenvalue weighted by atomic mass is 19.1. The summed E-state index contributed by atoms with van der Waals surface area (Å²) in [6, 6.07) is 4.81. The lowest BCUT2D eigenvalue weighted by Gasteiger charge is -2.29. The first kappa shape index (κ1) is 38.7. The van der Waals surface area contributed by atoms with Crippen LogP contribution in [0.2, 0.25) is 0 Å². The first-order chi connectivity index (χ1) is 27.0. The monoisotopic (exact) mass is 780 g/mol. The molecular weight excluding hydrogens is 739 g/mol. The molecule has 2 saturated heterocycles. The number of carboxylic acids is 1. The summed E-state index contributed by atoms with van der Waals surface area (Å²) in [6.07, 6.45) is 4.65. The van der Waals surface area contributed by atoms with Crippen LogP contribution in [0.5, 0.6) is 0 Å². The van der Waals surface area contributed by atoms with Crippen LogP contribution >= 0.6 is 0 Å². The SMILES string of the molecule is CN1C[C@@H]2CCN(c3c(-c4cnc5c(c4)c(=O)c(C(=O)NCC(=O)NCC(=O)O)cn5C)cnc4[nH]c5c(N(C)C(=O)OC(C)(C)C)cc(F)c(C#N)c5c34)[C@@H]2C1. The van der Waals surface area contributed by atoms with Crippen molar-refractivity contribution in [1.82, 2.24) is 35.1 Å². The Bertz CT molecular complexity index is 2620. The number of carbonyl (C=O) groups is 4. The number of ether oxygens (including phenoxy) is 1. The highest BCUT2D eigenvalue weighted by molar-refractivity contribution is 6.21. The number of pyridine rings is 3. The predicted molar refractivity (Wildman–Crippen MR) is 209 cm³/mol. The molecule has 1 aromatic carbocycles. The number of hydrogen-bond donors (Lipinski definition) is 4. The number of nitriles is 1. The van der Waals surface area contributed by atoms with Gasteiger partial charge in [-0.3, -0.25) is 24.1 Å². The molecule has 4 aromatic heterocycles. The molecule has 57 heavy (non-hydrogen) atoms. The van der Waals surface area contributed by atoms with Gasteiger partial charge in [-0.05, 0) is 46.2 Å². The van der Waals surface area contributed by atoms with Crippen molar-refractivity contribution >= 4 is 68.2 Å². The Balaban J connectivity index is 1.43. The maximum Gasteiger partial charge on any atom is 0.414 e. The number of aliphatic carboxylic acids is 1. The van der Waals surface area contributed by atoms with Crippen LogP contribution in [0.1, 0.15) is 43.1 Å². The van der Waals surface area contributed by atoms with E-state index in [1.807, 2.05) is 13.1 Å². The first-order valence-electron chi connectivity index (χ1n) is 18.2. The number of aromatic amines is 1. The molecule has 2 aliphatic heterocycles. The molecule has 3 amide bonds. The van der Waals surface area contributed by atoms with Crippen LogP contribution in [0.4, 0.5) is 20.6 Å². The number of likely N-dealkylation sites (tertiary alicyclic amines) is 1. The second-order valence-corrected chi connectivity index (χ2v) is 15.5. The number of likely N-dealkylation sites (N-methyl/N-ethyl adjacent to an activating group) is 1. The number of rotatable bonds is 8. The minimum Gasteiger partial charge on any atom is -0.480 e. The van der Waals surface area contributed by atoms with E-state index >= 15 is 4.39 Å². The lowest BCUT2D eigenvalue weighted by Crippen LogP contribution is -2.40. The summed E-state index contributed by atoms with van der Waals surface area (Å²) in [5, 5.41) is 24.5. The third-order valence-electron chi connectivity index (χ3n) is 10.4. The number of carboxylic acid groups (broad SMARTS) is 1. The third kappa shape index (κ3) is 7.05. The van der Waals surface area contributed by atoms with Crippen molar-refractivity contribution < 1.29 is 33.4 Å². The molecule has 5 aromatic rings. The van der Waals surface area contributed by atoms with E-state index in [9.17, 15) is 29.2 Å². The van der Waals surface area contributed by atoms with Gasteiger partial charge in [0.25, 0.3) is 5.91 Å². The maximum absolute atomic E-state index is 16.1. The fourth-order valence-corrected chi connectivity index (χ4v) is 7.89. The molecule has 0 bridgehead atoms. The Morgan fingerprint density at radius 1 is 1.11 bits per heavy atom. The number of aryl methyl sites for hydroxylation is 1. The van der Waals surface area contributed by atoms with Crippen molar-refractivity contribution in [3.8, 4) is 17.2 Å². The number of hydrogen-bond acceptors (Lipinski definition) is 11. The molecule has 0 unspecified atom stereocenters. The van der Waals surface area contributed by atoms with Crippen molar-refractivity contribution in [3.63, 3.8) is 0 Å². The van der Waals surface area contributed by atoms with Gasteiger partial charge >= 0.3 is 12.1 Å². The number of nitrogens with one attached hydrogen (secondary N) is 3. The fourth-order valence-electron chi connectivity index (χ4n) is 7.89. The Labute approximate surface area is 325 Å². The highest BCUT2D eigenvalue weighted by Gasteiger charge is 2.42. The topological polar surface area (TPSA) is 219 Å². The van der Waals surface area contributed by atoms with Crippen molar-refractivity contribution in [1.29, 1.82) is 5.26 Å². The summed E-state index contributed by atoms with van der Waals surface area (Å²) >= 11 is 0. The molecule has 7 rings (SSSR count). The zero-order valence-electron chi connectivity index (χ0n) is 32.2. The molecule has 17 nitrogen and oxygen atoms in total. The average molecular weight is 781 g/mol. The molecular formula is C39H41FN10O7. The standard InChI is InChI=1S/C39H41FN10O7/c1-39(2,3)57-38(56)49(6)26-10-25(40)22(11-41)30-31-33(50-8-7-19-16-47(4)18-27(19)50)23(13-43-35(31)46-32(26)30)20-9-21-34(54)24(17-48(5)36(21)44-12-20)37(55)45-14-28(51)42-15-29(52)53/h9-10,12-13,17,19,27H,7-8,14-16,18H2,1-6H3,(H,42,51)(H,43,46)(H,45,55)(H,52,53)/t19-,27+/m0/s1. The second kappa shape index (κ2) is 14.5. The number of nitrogens with zero attached hydrogens (tertiary/aromatic N) is 7. The Morgan fingerprint density at radius 3 is 2.56 bits per heavy atom. The molecule has 0 saturated carbocycles. The summed E-state index contributed by atoms with van der Waals surface area (Å²) in [5.41, 5.74) is 0.686. The molecule has 18 heteroatoms. The van der Waals surface area contributed by atoms with Crippen molar-refractivity contribution in [3.05, 3.63) is 57.9 Å². The van der Waals surface area contributed by atoms with E-state index in [0.717, 1.165) is 25.6 Å². The molecule has 0 spiro atoms. The molecule has 2 atom stereocenters. The predicted octanol–water partition coefficient (Wildman–Crippen LogP) is 3.08. The molecule has 296 valence electrons. The van der Waals surface area contributed by atoms with Crippen molar-refractivity contribution in [2.45, 2.75) is 38.8 Å². The van der Waals surface area contributed by atoms with E-state index in [1.54, 1.807) is 46.3 Å². The number of amides is 3. The van der Waals surface area contributed by atoms with Gasteiger partial charge in [0, 0.05) is 80.9 Å². The van der Waals surface area contributed by atoms with Gasteiger partial charge in [0.1, 0.15) is 40.9 Å². The van der Waals surface area contributed by atoms with E-state index in [4.69, 9.17) is 14.8 Å². The summed E-state index contributed by atoms with van der Waals surface area (Å²) in [7, 11) is 5.12. The van der Waals surface area contributed by atoms with E-state index in [1.165, 1.54) is 22.7 Å². The number of H-pyrrole nitrogens is 1. The van der Waals surface area contributed by atoms with Gasteiger partial charge in [-0.25, -0.2) is 19.2 Å². The van der Waals surface area contributed by atoms with E-state index in [0.29, 0.717) is 45.8 Å². The largest absolute Gasteiger partial charge is 0.480 e. The summed E-state index contributed by atoms with van der Waals surface area (Å²) < 4.78 is 23.2. The zero-order chi connectivity index (χ0) is 41.1. The minimum absolute atomic E-state index is 0.0524. The smallest absolute Gasteiger partial charge is 0.414 e. The first-order valence-corrected chi connectivity index (χ1v) is 18.2. The summed E-state index contributed by atoms with van der Waals surface area (Å²) in [5.74, 6) is -3.36. The molecule has 2 aliphatic rings. The van der Waals surface area contributed by atoms with Crippen LogP contribution in [-0.4, -0.2) is 112 Å². The number of anilines is 2. The van der Waals surface area contributed by atoms with Gasteiger partial charge in [-0.15, -0.1) is 0 Å². The van der Waals surface area contributed by atoms with Crippen LogP contribution in [0.25, 0.3) is 44.1 Å². The lowest BCUT2D eigenvalue weighted by molar-refractivity contribution is -0.137. The number of halogens is 1. The van der Waals surface area contributed by atoms with Gasteiger partial charge in [-0.2, -0.15) is 5.26 Å². The second-order valence-electron chi connectivity index (χ2n) is 15.5. The Morgan fingerprint density at radius 2 is 1.86 bits per heavy atom. The van der Waals surface area contributed by atoms with Crippen molar-refractivity contribution in [2.24, 2.45) is 13.0 Å². The van der Waals surface area contributed by atoms with Crippen LogP contribution < -0.4 is 25.9 Å². The number of fused-ring (bicyclic) bond motifs is 5. The number of aromatic nitrogens is 4. The van der Waals surface area contributed by atoms with Gasteiger partial charge < -0.3 is 39.8 Å². The quantitative estimate of drug-likeness (QED) is 0.179. The van der Waals surface area contributed by atoms with Gasteiger partial charge in [0.15, 0.2) is 0 Å². The number of carbonyl (C=O) groups excluding carboxylic acids is 3. The van der Waals surface area contributed by atoms with E-state index in [2.05, 4.69) is 30.4 Å². The molecule has 2 fully saturated rings. The fraction of sp³-hybridized carbons (Fsp3) is 0.385. The number of benzene rings is 1. The average Bonchev–Trinajstić information content (AvgIpc) is 3.85. The van der Waals surface area contributed by atoms with Gasteiger partial charge in [0.2, 0.25) is 11.3 Å². The van der Waals surface area contributed by atoms with Crippen molar-refractivity contribution in [2.75, 3.05) is 56.6 Å². The highest BCUT2D eigenvalue weighted by Crippen LogP contribution is 2.47. The van der Waals surface area contributed by atoms with E-state index in [-0.39, 0.29) is 39.3 Å². The molecule has 6 heterocycles. The molecule has 4 N–H and O–H groups in total. The molecule has 0 radical (unpaired) electrons. The van der Waals surface area contributed by atoms with Crippen LogP contribution in [0, 0.1) is 23.1 Å².